The van der Waals surface area contributed by atoms with Crippen LogP contribution in [0.25, 0.3) is 21.9 Å². The van der Waals surface area contributed by atoms with Crippen molar-refractivity contribution in [3.05, 3.63) is 42.2 Å². The Morgan fingerprint density at radius 2 is 2.00 bits per heavy atom. The van der Waals surface area contributed by atoms with Gasteiger partial charge in [0.05, 0.1) is 37.0 Å². The van der Waals surface area contributed by atoms with Gasteiger partial charge in [-0.05, 0) is 31.2 Å². The molecule has 0 fully saturated rings. The molecule has 0 bridgehead atoms. The number of hydrogen-bond acceptors (Lipinski definition) is 7. The van der Waals surface area contributed by atoms with Crippen LogP contribution in [0.15, 0.2) is 36.7 Å². The SMILES string of the molecule is CCNc1nc(NC(=O)c2ccc3nc[nH]c3c2)nc2c(OC)cc(OC)cc12. The van der Waals surface area contributed by atoms with Crippen LogP contribution in [-0.4, -0.2) is 46.6 Å². The number of carbonyl (C=O) groups excluding carboxylic acids is 1. The molecule has 2 aromatic carbocycles. The molecule has 1 amide bonds. The summed E-state index contributed by atoms with van der Waals surface area (Å²) in [4.78, 5) is 28.9. The van der Waals surface area contributed by atoms with Crippen LogP contribution in [-0.2, 0) is 0 Å². The van der Waals surface area contributed by atoms with Crippen LogP contribution in [0.1, 0.15) is 17.3 Å². The van der Waals surface area contributed by atoms with E-state index in [1.54, 1.807) is 44.8 Å². The average Bonchev–Trinajstić information content (AvgIpc) is 3.21. The van der Waals surface area contributed by atoms with Crippen molar-refractivity contribution < 1.29 is 14.3 Å². The Bertz CT molecular complexity index is 1200. The number of imidazole rings is 1. The molecular formula is C20H20N6O3. The van der Waals surface area contributed by atoms with Gasteiger partial charge in [-0.1, -0.05) is 0 Å². The summed E-state index contributed by atoms with van der Waals surface area (Å²) in [5.41, 5.74) is 2.60. The van der Waals surface area contributed by atoms with E-state index in [2.05, 4.69) is 30.6 Å². The highest BCUT2D eigenvalue weighted by Gasteiger charge is 2.16. The van der Waals surface area contributed by atoms with Crippen LogP contribution in [0.3, 0.4) is 0 Å². The van der Waals surface area contributed by atoms with Gasteiger partial charge in [-0.2, -0.15) is 4.98 Å². The molecule has 2 heterocycles. The first-order chi connectivity index (χ1) is 14.1. The van der Waals surface area contributed by atoms with E-state index < -0.39 is 0 Å². The minimum absolute atomic E-state index is 0.173. The standard InChI is InChI=1S/C20H20N6O3/c1-4-21-18-13-8-12(28-2)9-16(29-3)17(13)24-20(25-18)26-19(27)11-5-6-14-15(7-11)23-10-22-14/h5-10H,4H2,1-3H3,(H,22,23)(H2,21,24,25,26,27). The summed E-state index contributed by atoms with van der Waals surface area (Å²) in [6, 6.07) is 8.78. The van der Waals surface area contributed by atoms with E-state index in [9.17, 15) is 4.79 Å². The number of H-pyrrole nitrogens is 1. The minimum Gasteiger partial charge on any atom is -0.497 e. The predicted molar refractivity (Wildman–Crippen MR) is 111 cm³/mol. The fraction of sp³-hybridized carbons (Fsp3) is 0.200. The lowest BCUT2D eigenvalue weighted by Gasteiger charge is -2.14. The van der Waals surface area contributed by atoms with Crippen molar-refractivity contribution in [3.8, 4) is 11.5 Å². The molecule has 3 N–H and O–H groups in total. The largest absolute Gasteiger partial charge is 0.497 e. The molecule has 0 saturated heterocycles. The third-order valence-corrected chi connectivity index (χ3v) is 4.45. The summed E-state index contributed by atoms with van der Waals surface area (Å²) in [6.07, 6.45) is 1.59. The molecule has 9 heteroatoms. The van der Waals surface area contributed by atoms with Gasteiger partial charge in [0.25, 0.3) is 5.91 Å². The van der Waals surface area contributed by atoms with E-state index in [0.29, 0.717) is 34.9 Å². The second kappa shape index (κ2) is 7.63. The van der Waals surface area contributed by atoms with Gasteiger partial charge >= 0.3 is 0 Å². The number of methoxy groups -OCH3 is 2. The summed E-state index contributed by atoms with van der Waals surface area (Å²) < 4.78 is 10.8. The molecule has 4 rings (SSSR count). The summed E-state index contributed by atoms with van der Waals surface area (Å²) in [5, 5.41) is 6.70. The number of fused-ring (bicyclic) bond motifs is 2. The zero-order valence-electron chi connectivity index (χ0n) is 16.2. The molecule has 0 aliphatic heterocycles. The number of carbonyl (C=O) groups is 1. The van der Waals surface area contributed by atoms with Gasteiger partial charge in [-0.3, -0.25) is 10.1 Å². The maximum atomic E-state index is 12.7. The number of nitrogens with one attached hydrogen (secondary N) is 3. The molecule has 0 aliphatic rings. The molecule has 2 aromatic heterocycles. The maximum absolute atomic E-state index is 12.7. The van der Waals surface area contributed by atoms with E-state index in [1.807, 2.05) is 13.0 Å². The van der Waals surface area contributed by atoms with Crippen molar-refractivity contribution in [1.29, 1.82) is 0 Å². The fourth-order valence-electron chi connectivity index (χ4n) is 3.06. The predicted octanol–water partition coefficient (Wildman–Crippen LogP) is 3.21. The number of aromatic nitrogens is 4. The van der Waals surface area contributed by atoms with E-state index >= 15 is 0 Å². The van der Waals surface area contributed by atoms with Gasteiger partial charge in [0.2, 0.25) is 5.95 Å². The molecule has 0 radical (unpaired) electrons. The highest BCUT2D eigenvalue weighted by atomic mass is 16.5. The molecule has 148 valence electrons. The quantitative estimate of drug-likeness (QED) is 0.462. The Morgan fingerprint density at radius 3 is 2.76 bits per heavy atom. The van der Waals surface area contributed by atoms with Crippen LogP contribution in [0.2, 0.25) is 0 Å². The summed E-state index contributed by atoms with van der Waals surface area (Å²) >= 11 is 0. The van der Waals surface area contributed by atoms with Gasteiger partial charge in [0, 0.05) is 18.2 Å². The van der Waals surface area contributed by atoms with Crippen molar-refractivity contribution in [2.45, 2.75) is 6.92 Å². The molecule has 29 heavy (non-hydrogen) atoms. The molecule has 4 aromatic rings. The zero-order valence-corrected chi connectivity index (χ0v) is 16.2. The Balaban J connectivity index is 1.75. The highest BCUT2D eigenvalue weighted by Crippen LogP contribution is 2.34. The van der Waals surface area contributed by atoms with Gasteiger partial charge < -0.3 is 19.8 Å². The van der Waals surface area contributed by atoms with Gasteiger partial charge in [0.1, 0.15) is 22.8 Å². The number of amides is 1. The highest BCUT2D eigenvalue weighted by molar-refractivity contribution is 6.06. The van der Waals surface area contributed by atoms with Gasteiger partial charge in [-0.25, -0.2) is 9.97 Å². The summed E-state index contributed by atoms with van der Waals surface area (Å²) in [6.45, 7) is 2.61. The van der Waals surface area contributed by atoms with Crippen molar-refractivity contribution >= 4 is 39.6 Å². The van der Waals surface area contributed by atoms with E-state index in [4.69, 9.17) is 9.47 Å². The van der Waals surface area contributed by atoms with Crippen molar-refractivity contribution in [1.82, 2.24) is 19.9 Å². The first-order valence-electron chi connectivity index (χ1n) is 9.05. The first kappa shape index (κ1) is 18.5. The van der Waals surface area contributed by atoms with Crippen molar-refractivity contribution in [3.63, 3.8) is 0 Å². The number of benzene rings is 2. The van der Waals surface area contributed by atoms with E-state index in [-0.39, 0.29) is 11.9 Å². The van der Waals surface area contributed by atoms with Gasteiger partial charge in [0.15, 0.2) is 0 Å². The molecule has 0 unspecified atom stereocenters. The number of anilines is 2. The smallest absolute Gasteiger partial charge is 0.258 e. The summed E-state index contributed by atoms with van der Waals surface area (Å²) in [5.74, 6) is 1.58. The van der Waals surface area contributed by atoms with Crippen LogP contribution < -0.4 is 20.1 Å². The Labute approximate surface area is 166 Å². The zero-order chi connectivity index (χ0) is 20.4. The number of aromatic amines is 1. The molecule has 9 nitrogen and oxygen atoms in total. The first-order valence-corrected chi connectivity index (χ1v) is 9.05. The second-order valence-corrected chi connectivity index (χ2v) is 6.24. The third-order valence-electron chi connectivity index (χ3n) is 4.45. The lowest BCUT2D eigenvalue weighted by molar-refractivity contribution is 0.102. The monoisotopic (exact) mass is 392 g/mol. The Kier molecular flexibility index (Phi) is 4.86. The van der Waals surface area contributed by atoms with E-state index in [1.165, 1.54) is 0 Å². The van der Waals surface area contributed by atoms with Crippen molar-refractivity contribution in [2.75, 3.05) is 31.4 Å². The lowest BCUT2D eigenvalue weighted by Crippen LogP contribution is -2.15. The number of hydrogen-bond donors (Lipinski definition) is 3. The van der Waals surface area contributed by atoms with Crippen LogP contribution in [0.5, 0.6) is 11.5 Å². The van der Waals surface area contributed by atoms with Crippen LogP contribution >= 0.6 is 0 Å². The second-order valence-electron chi connectivity index (χ2n) is 6.24. The molecule has 0 spiro atoms. The maximum Gasteiger partial charge on any atom is 0.258 e. The van der Waals surface area contributed by atoms with Crippen LogP contribution in [0.4, 0.5) is 11.8 Å². The van der Waals surface area contributed by atoms with Crippen molar-refractivity contribution in [2.24, 2.45) is 0 Å². The molecule has 0 saturated carbocycles. The van der Waals surface area contributed by atoms with Gasteiger partial charge in [-0.15, -0.1) is 0 Å². The fourth-order valence-corrected chi connectivity index (χ4v) is 3.06. The number of ether oxygens (including phenoxy) is 2. The number of nitrogens with zero attached hydrogens (tertiary/aromatic N) is 3. The normalized spacial score (nSPS) is 10.9. The minimum atomic E-state index is -0.323. The number of rotatable bonds is 6. The third kappa shape index (κ3) is 3.49. The lowest BCUT2D eigenvalue weighted by atomic mass is 10.2. The Hall–Kier alpha value is -3.88. The molecular weight excluding hydrogens is 372 g/mol. The molecule has 0 aliphatic carbocycles. The molecule has 0 atom stereocenters. The van der Waals surface area contributed by atoms with E-state index in [0.717, 1.165) is 16.4 Å². The van der Waals surface area contributed by atoms with Crippen LogP contribution in [0, 0.1) is 0 Å². The average molecular weight is 392 g/mol. The Morgan fingerprint density at radius 1 is 1.14 bits per heavy atom. The summed E-state index contributed by atoms with van der Waals surface area (Å²) in [7, 11) is 3.14. The topological polar surface area (TPSA) is 114 Å².